The van der Waals surface area contributed by atoms with Crippen molar-refractivity contribution in [2.45, 2.75) is 6.92 Å². The fraction of sp³-hybridized carbons (Fsp3) is 0.0833. The lowest BCUT2D eigenvalue weighted by atomic mass is 10.2. The molecule has 0 radical (unpaired) electrons. The van der Waals surface area contributed by atoms with Gasteiger partial charge in [-0.2, -0.15) is 0 Å². The van der Waals surface area contributed by atoms with Crippen molar-refractivity contribution in [2.75, 3.05) is 0 Å². The Bertz CT molecular complexity index is 687. The number of carboxylic acids is 1. The summed E-state index contributed by atoms with van der Waals surface area (Å²) >= 11 is 0. The maximum absolute atomic E-state index is 10.7. The van der Waals surface area contributed by atoms with Gasteiger partial charge in [-0.1, -0.05) is 0 Å². The molecular formula is C12H9N3O5. The number of aryl methyl sites for hydroxylation is 1. The highest BCUT2D eigenvalue weighted by molar-refractivity contribution is 5.84. The molecule has 0 aliphatic heterocycles. The van der Waals surface area contributed by atoms with E-state index in [2.05, 4.69) is 9.97 Å². The number of hydrogen-bond donors (Lipinski definition) is 1. The number of nitro benzene ring substituents is 1. The third-order valence-electron chi connectivity index (χ3n) is 2.42. The van der Waals surface area contributed by atoms with Crippen LogP contribution in [0.4, 0.5) is 5.69 Å². The molecule has 0 atom stereocenters. The second-order valence-corrected chi connectivity index (χ2v) is 3.86. The summed E-state index contributed by atoms with van der Waals surface area (Å²) < 4.78 is 5.33. The number of hydrogen-bond acceptors (Lipinski definition) is 6. The molecule has 8 heteroatoms. The average molecular weight is 275 g/mol. The fourth-order valence-electron chi connectivity index (χ4n) is 1.52. The largest absolute Gasteiger partial charge is 0.476 e. The molecular weight excluding hydrogens is 266 g/mol. The van der Waals surface area contributed by atoms with Gasteiger partial charge in [0.1, 0.15) is 5.75 Å². The third-order valence-corrected chi connectivity index (χ3v) is 2.42. The molecule has 1 heterocycles. The van der Waals surface area contributed by atoms with Crippen molar-refractivity contribution >= 4 is 11.7 Å². The van der Waals surface area contributed by atoms with Crippen LogP contribution in [0.25, 0.3) is 0 Å². The smallest absolute Gasteiger partial charge is 0.356 e. The Morgan fingerprint density at radius 3 is 2.75 bits per heavy atom. The first-order valence-corrected chi connectivity index (χ1v) is 5.45. The van der Waals surface area contributed by atoms with Crippen molar-refractivity contribution < 1.29 is 19.6 Å². The summed E-state index contributed by atoms with van der Waals surface area (Å²) in [5.41, 5.74) is 0.152. The number of carboxylic acid groups (broad SMARTS) is 1. The predicted octanol–water partition coefficient (Wildman–Crippen LogP) is 2.18. The average Bonchev–Trinajstić information content (AvgIpc) is 2.38. The molecule has 8 nitrogen and oxygen atoms in total. The number of benzene rings is 1. The van der Waals surface area contributed by atoms with Crippen LogP contribution in [0.3, 0.4) is 0 Å². The summed E-state index contributed by atoms with van der Waals surface area (Å²) in [5.74, 6) is -0.911. The second kappa shape index (κ2) is 5.31. The second-order valence-electron chi connectivity index (χ2n) is 3.86. The lowest BCUT2D eigenvalue weighted by Gasteiger charge is -2.05. The molecule has 0 aliphatic rings. The molecule has 1 N–H and O–H groups in total. The lowest BCUT2D eigenvalue weighted by Crippen LogP contribution is -2.02. The zero-order valence-corrected chi connectivity index (χ0v) is 10.3. The standard InChI is InChI=1S/C12H9N3O5/c1-7-4-8(2-3-10(7)15(18)19)20-11-6-13-5-9(14-11)12(16)17/h2-6H,1H3,(H,16,17). The molecule has 2 rings (SSSR count). The highest BCUT2D eigenvalue weighted by Gasteiger charge is 2.12. The maximum Gasteiger partial charge on any atom is 0.356 e. The van der Waals surface area contributed by atoms with Crippen LogP contribution in [0.1, 0.15) is 16.1 Å². The Kier molecular flexibility index (Phi) is 3.56. The normalized spacial score (nSPS) is 10.1. The van der Waals surface area contributed by atoms with Crippen molar-refractivity contribution in [1.29, 1.82) is 0 Å². The van der Waals surface area contributed by atoms with E-state index in [4.69, 9.17) is 9.84 Å². The van der Waals surface area contributed by atoms with Gasteiger partial charge in [0.25, 0.3) is 5.69 Å². The van der Waals surface area contributed by atoms with Crippen LogP contribution in [0, 0.1) is 17.0 Å². The molecule has 0 aliphatic carbocycles. The number of carbonyl (C=O) groups is 1. The van der Waals surface area contributed by atoms with Crippen LogP contribution in [-0.4, -0.2) is 26.0 Å². The number of nitro groups is 1. The molecule has 0 unspecified atom stereocenters. The van der Waals surface area contributed by atoms with Crippen molar-refractivity contribution in [3.63, 3.8) is 0 Å². The van der Waals surface area contributed by atoms with E-state index in [-0.39, 0.29) is 17.3 Å². The van der Waals surface area contributed by atoms with Gasteiger partial charge in [0, 0.05) is 11.6 Å². The molecule has 20 heavy (non-hydrogen) atoms. The highest BCUT2D eigenvalue weighted by atomic mass is 16.6. The van der Waals surface area contributed by atoms with Crippen LogP contribution in [-0.2, 0) is 0 Å². The number of aromatic nitrogens is 2. The third kappa shape index (κ3) is 2.86. The summed E-state index contributed by atoms with van der Waals surface area (Å²) in [6, 6.07) is 4.17. The van der Waals surface area contributed by atoms with Gasteiger partial charge in [0.15, 0.2) is 5.69 Å². The van der Waals surface area contributed by atoms with Gasteiger partial charge >= 0.3 is 5.97 Å². The molecule has 1 aromatic heterocycles. The number of nitrogens with zero attached hydrogens (tertiary/aromatic N) is 3. The van der Waals surface area contributed by atoms with E-state index in [9.17, 15) is 14.9 Å². The van der Waals surface area contributed by atoms with E-state index in [0.29, 0.717) is 11.3 Å². The number of aromatic carboxylic acids is 1. The molecule has 102 valence electrons. The molecule has 0 saturated carbocycles. The van der Waals surface area contributed by atoms with E-state index in [1.165, 1.54) is 24.4 Å². The SMILES string of the molecule is Cc1cc(Oc2cncc(C(=O)O)n2)ccc1[N+](=O)[O-]. The Hall–Kier alpha value is -3.03. The maximum atomic E-state index is 10.7. The predicted molar refractivity (Wildman–Crippen MR) is 66.9 cm³/mol. The summed E-state index contributed by atoms with van der Waals surface area (Å²) in [4.78, 5) is 28.4. The van der Waals surface area contributed by atoms with E-state index in [1.807, 2.05) is 0 Å². The van der Waals surface area contributed by atoms with E-state index in [1.54, 1.807) is 6.92 Å². The monoisotopic (exact) mass is 275 g/mol. The molecule has 0 amide bonds. The zero-order chi connectivity index (χ0) is 14.7. The quantitative estimate of drug-likeness (QED) is 0.671. The van der Waals surface area contributed by atoms with Crippen molar-refractivity contribution in [1.82, 2.24) is 9.97 Å². The van der Waals surface area contributed by atoms with Crippen molar-refractivity contribution in [2.24, 2.45) is 0 Å². The topological polar surface area (TPSA) is 115 Å². The first-order chi connectivity index (χ1) is 9.47. The highest BCUT2D eigenvalue weighted by Crippen LogP contribution is 2.25. The number of ether oxygens (including phenoxy) is 1. The fourth-order valence-corrected chi connectivity index (χ4v) is 1.52. The number of rotatable bonds is 4. The van der Waals surface area contributed by atoms with Crippen LogP contribution in [0.2, 0.25) is 0 Å². The Labute approximate surface area is 112 Å². The van der Waals surface area contributed by atoms with Crippen LogP contribution < -0.4 is 4.74 Å². The Morgan fingerprint density at radius 2 is 2.15 bits per heavy atom. The van der Waals surface area contributed by atoms with Crippen molar-refractivity contribution in [3.05, 3.63) is 52.0 Å². The minimum atomic E-state index is -1.22. The van der Waals surface area contributed by atoms with E-state index in [0.717, 1.165) is 6.20 Å². The van der Waals surface area contributed by atoms with Gasteiger partial charge in [-0.15, -0.1) is 0 Å². The van der Waals surface area contributed by atoms with Crippen LogP contribution in [0.15, 0.2) is 30.6 Å². The molecule has 0 saturated heterocycles. The molecule has 0 fully saturated rings. The van der Waals surface area contributed by atoms with Gasteiger partial charge in [-0.05, 0) is 19.1 Å². The van der Waals surface area contributed by atoms with E-state index < -0.39 is 10.9 Å². The van der Waals surface area contributed by atoms with Crippen LogP contribution >= 0.6 is 0 Å². The van der Waals surface area contributed by atoms with Gasteiger partial charge in [-0.3, -0.25) is 15.1 Å². The summed E-state index contributed by atoms with van der Waals surface area (Å²) in [7, 11) is 0. The van der Waals surface area contributed by atoms with Gasteiger partial charge in [-0.25, -0.2) is 9.78 Å². The Balaban J connectivity index is 2.26. The first-order valence-electron chi connectivity index (χ1n) is 5.45. The molecule has 0 bridgehead atoms. The van der Waals surface area contributed by atoms with Crippen LogP contribution in [0.5, 0.6) is 11.6 Å². The van der Waals surface area contributed by atoms with Gasteiger partial charge in [0.2, 0.25) is 5.88 Å². The lowest BCUT2D eigenvalue weighted by molar-refractivity contribution is -0.385. The zero-order valence-electron chi connectivity index (χ0n) is 10.3. The molecule has 1 aromatic carbocycles. The minimum absolute atomic E-state index is 0.00171. The summed E-state index contributed by atoms with van der Waals surface area (Å²) in [6.45, 7) is 1.57. The molecule has 0 spiro atoms. The first kappa shape index (κ1) is 13.4. The minimum Gasteiger partial charge on any atom is -0.476 e. The molecule has 2 aromatic rings. The Morgan fingerprint density at radius 1 is 1.40 bits per heavy atom. The van der Waals surface area contributed by atoms with Crippen molar-refractivity contribution in [3.8, 4) is 11.6 Å². The summed E-state index contributed by atoms with van der Waals surface area (Å²) in [6.07, 6.45) is 2.35. The summed E-state index contributed by atoms with van der Waals surface area (Å²) in [5, 5.41) is 19.5. The van der Waals surface area contributed by atoms with Gasteiger partial charge in [0.05, 0.1) is 17.3 Å². The van der Waals surface area contributed by atoms with E-state index >= 15 is 0 Å². The van der Waals surface area contributed by atoms with Gasteiger partial charge < -0.3 is 9.84 Å².